The largest absolute Gasteiger partial charge is 0.496 e. The van der Waals surface area contributed by atoms with Gasteiger partial charge in [-0.3, -0.25) is 0 Å². The van der Waals surface area contributed by atoms with Crippen LogP contribution in [0.1, 0.15) is 11.1 Å². The Morgan fingerprint density at radius 3 is 2.44 bits per heavy atom. The summed E-state index contributed by atoms with van der Waals surface area (Å²) in [5.41, 5.74) is 3.56. The molecule has 94 valence electrons. The Bertz CT molecular complexity index is 523. The highest BCUT2D eigenvalue weighted by molar-refractivity contribution is 14.1. The zero-order chi connectivity index (χ0) is 13.0. The molecule has 2 aromatic carbocycles. The molecule has 0 saturated heterocycles. The predicted octanol–water partition coefficient (Wildman–Crippen LogP) is 4.22. The smallest absolute Gasteiger partial charge is 0.121 e. The van der Waals surface area contributed by atoms with Crippen LogP contribution in [-0.2, 0) is 6.54 Å². The van der Waals surface area contributed by atoms with Crippen molar-refractivity contribution >= 4 is 28.3 Å². The van der Waals surface area contributed by atoms with Crippen molar-refractivity contribution in [2.45, 2.75) is 13.5 Å². The fourth-order valence-corrected chi connectivity index (χ4v) is 2.18. The lowest BCUT2D eigenvalue weighted by Crippen LogP contribution is -2.00. The number of anilines is 1. The lowest BCUT2D eigenvalue weighted by atomic mass is 10.1. The molecule has 0 aliphatic rings. The Balaban J connectivity index is 2.02. The van der Waals surface area contributed by atoms with Crippen molar-refractivity contribution in [1.29, 1.82) is 0 Å². The number of methoxy groups -OCH3 is 1. The molecule has 0 aromatic heterocycles. The summed E-state index contributed by atoms with van der Waals surface area (Å²) in [5.74, 6) is 0.938. The first-order valence-electron chi connectivity index (χ1n) is 5.82. The maximum atomic E-state index is 5.25. The minimum atomic E-state index is 0.825. The van der Waals surface area contributed by atoms with Gasteiger partial charge in [-0.1, -0.05) is 12.1 Å². The maximum absolute atomic E-state index is 5.25. The number of halogens is 1. The highest BCUT2D eigenvalue weighted by Crippen LogP contribution is 2.19. The molecule has 0 amide bonds. The van der Waals surface area contributed by atoms with E-state index < -0.39 is 0 Å². The van der Waals surface area contributed by atoms with Crippen LogP contribution in [0.4, 0.5) is 5.69 Å². The molecule has 1 N–H and O–H groups in total. The summed E-state index contributed by atoms with van der Waals surface area (Å²) in [6.07, 6.45) is 0. The van der Waals surface area contributed by atoms with Crippen LogP contribution in [0, 0.1) is 10.5 Å². The van der Waals surface area contributed by atoms with E-state index >= 15 is 0 Å². The predicted molar refractivity (Wildman–Crippen MR) is 84.2 cm³/mol. The summed E-state index contributed by atoms with van der Waals surface area (Å²) < 4.78 is 6.50. The second-order valence-corrected chi connectivity index (χ2v) is 5.41. The van der Waals surface area contributed by atoms with Crippen LogP contribution in [0.15, 0.2) is 42.5 Å². The third-order valence-corrected chi connectivity index (χ3v) is 3.52. The van der Waals surface area contributed by atoms with Crippen LogP contribution in [0.25, 0.3) is 0 Å². The molecule has 0 fully saturated rings. The van der Waals surface area contributed by atoms with Crippen molar-refractivity contribution in [3.05, 3.63) is 57.2 Å². The Hall–Kier alpha value is -1.23. The summed E-state index contributed by atoms with van der Waals surface area (Å²) in [5, 5.41) is 3.41. The van der Waals surface area contributed by atoms with E-state index in [9.17, 15) is 0 Å². The van der Waals surface area contributed by atoms with Crippen molar-refractivity contribution in [3.8, 4) is 5.75 Å². The Morgan fingerprint density at radius 2 is 1.83 bits per heavy atom. The Labute approximate surface area is 122 Å². The van der Waals surface area contributed by atoms with Crippen LogP contribution in [0.5, 0.6) is 5.75 Å². The highest BCUT2D eigenvalue weighted by atomic mass is 127. The third kappa shape index (κ3) is 3.38. The van der Waals surface area contributed by atoms with Gasteiger partial charge >= 0.3 is 0 Å². The van der Waals surface area contributed by atoms with Gasteiger partial charge in [-0.25, -0.2) is 0 Å². The molecule has 0 aliphatic heterocycles. The summed E-state index contributed by atoms with van der Waals surface area (Å²) in [6, 6.07) is 14.6. The zero-order valence-electron chi connectivity index (χ0n) is 10.5. The molecule has 2 nitrogen and oxygen atoms in total. The van der Waals surface area contributed by atoms with Crippen LogP contribution < -0.4 is 10.1 Å². The van der Waals surface area contributed by atoms with Crippen molar-refractivity contribution < 1.29 is 4.74 Å². The number of rotatable bonds is 4. The van der Waals surface area contributed by atoms with E-state index in [1.54, 1.807) is 7.11 Å². The topological polar surface area (TPSA) is 21.3 Å². The summed E-state index contributed by atoms with van der Waals surface area (Å²) >= 11 is 2.31. The van der Waals surface area contributed by atoms with Crippen LogP contribution in [-0.4, -0.2) is 7.11 Å². The SMILES string of the molecule is COc1ccc(CNc2ccc(I)cc2)cc1C. The van der Waals surface area contributed by atoms with Crippen molar-refractivity contribution in [3.63, 3.8) is 0 Å². The maximum Gasteiger partial charge on any atom is 0.121 e. The van der Waals surface area contributed by atoms with Crippen molar-refractivity contribution in [1.82, 2.24) is 0 Å². The molecule has 0 bridgehead atoms. The third-order valence-electron chi connectivity index (χ3n) is 2.80. The number of aryl methyl sites for hydroxylation is 1. The molecule has 0 saturated carbocycles. The van der Waals surface area contributed by atoms with Crippen molar-refractivity contribution in [2.75, 3.05) is 12.4 Å². The molecule has 0 radical (unpaired) electrons. The second-order valence-electron chi connectivity index (χ2n) is 4.16. The lowest BCUT2D eigenvalue weighted by Gasteiger charge is -2.09. The molecule has 0 atom stereocenters. The molecule has 2 rings (SSSR count). The summed E-state index contributed by atoms with van der Waals surface area (Å²) in [6.45, 7) is 2.89. The lowest BCUT2D eigenvalue weighted by molar-refractivity contribution is 0.411. The molecule has 0 spiro atoms. The van der Waals surface area contributed by atoms with Crippen molar-refractivity contribution in [2.24, 2.45) is 0 Å². The molecule has 2 aromatic rings. The monoisotopic (exact) mass is 353 g/mol. The molecule has 3 heteroatoms. The van der Waals surface area contributed by atoms with Gasteiger partial charge in [-0.15, -0.1) is 0 Å². The molecule has 0 heterocycles. The van der Waals surface area contributed by atoms with E-state index in [0.717, 1.165) is 18.0 Å². The van der Waals surface area contributed by atoms with Crippen LogP contribution in [0.3, 0.4) is 0 Å². The van der Waals surface area contributed by atoms with Gasteiger partial charge in [0.15, 0.2) is 0 Å². The van der Waals surface area contributed by atoms with E-state index in [0.29, 0.717) is 0 Å². The number of hydrogen-bond acceptors (Lipinski definition) is 2. The van der Waals surface area contributed by atoms with Gasteiger partial charge in [0, 0.05) is 15.8 Å². The fourth-order valence-electron chi connectivity index (χ4n) is 1.82. The zero-order valence-corrected chi connectivity index (χ0v) is 12.7. The first kappa shape index (κ1) is 13.2. The van der Waals surface area contributed by atoms with Gasteiger partial charge in [0.25, 0.3) is 0 Å². The average molecular weight is 353 g/mol. The van der Waals surface area contributed by atoms with Crippen LogP contribution >= 0.6 is 22.6 Å². The molecular formula is C15H16INO. The highest BCUT2D eigenvalue weighted by Gasteiger charge is 2.00. The number of nitrogens with one attached hydrogen (secondary N) is 1. The number of ether oxygens (including phenoxy) is 1. The number of benzene rings is 2. The van der Waals surface area contributed by atoms with Gasteiger partial charge in [-0.2, -0.15) is 0 Å². The van der Waals surface area contributed by atoms with E-state index in [1.165, 1.54) is 14.7 Å². The minimum Gasteiger partial charge on any atom is -0.496 e. The van der Waals surface area contributed by atoms with Gasteiger partial charge in [0.1, 0.15) is 5.75 Å². The van der Waals surface area contributed by atoms with Gasteiger partial charge < -0.3 is 10.1 Å². The molecular weight excluding hydrogens is 337 g/mol. The quantitative estimate of drug-likeness (QED) is 0.831. The molecule has 0 unspecified atom stereocenters. The molecule has 0 aliphatic carbocycles. The van der Waals surface area contributed by atoms with E-state index in [-0.39, 0.29) is 0 Å². The summed E-state index contributed by atoms with van der Waals surface area (Å²) in [7, 11) is 1.70. The van der Waals surface area contributed by atoms with E-state index in [1.807, 2.05) is 6.07 Å². The van der Waals surface area contributed by atoms with E-state index in [4.69, 9.17) is 4.74 Å². The van der Waals surface area contributed by atoms with Gasteiger partial charge in [0.2, 0.25) is 0 Å². The standard InChI is InChI=1S/C15H16INO/c1-11-9-12(3-8-15(11)18-2)10-17-14-6-4-13(16)5-7-14/h3-9,17H,10H2,1-2H3. The van der Waals surface area contributed by atoms with E-state index in [2.05, 4.69) is 71.2 Å². The first-order chi connectivity index (χ1) is 8.69. The average Bonchev–Trinajstić information content (AvgIpc) is 2.38. The minimum absolute atomic E-state index is 0.825. The fraction of sp³-hybridized carbons (Fsp3) is 0.200. The number of hydrogen-bond donors (Lipinski definition) is 1. The normalized spacial score (nSPS) is 10.2. The molecule has 18 heavy (non-hydrogen) atoms. The Morgan fingerprint density at radius 1 is 1.11 bits per heavy atom. The second kappa shape index (κ2) is 6.09. The Kier molecular flexibility index (Phi) is 4.47. The summed E-state index contributed by atoms with van der Waals surface area (Å²) in [4.78, 5) is 0. The van der Waals surface area contributed by atoms with Gasteiger partial charge in [0.05, 0.1) is 7.11 Å². The van der Waals surface area contributed by atoms with Crippen LogP contribution in [0.2, 0.25) is 0 Å². The first-order valence-corrected chi connectivity index (χ1v) is 6.90. The van der Waals surface area contributed by atoms with Gasteiger partial charge in [-0.05, 0) is 71.0 Å².